The Bertz CT molecular complexity index is 432. The predicted molar refractivity (Wildman–Crippen MR) is 68.2 cm³/mol. The Hall–Kier alpha value is -0.900. The third-order valence-electron chi connectivity index (χ3n) is 5.97. The molecule has 1 N–H and O–H groups in total. The highest BCUT2D eigenvalue weighted by atomic mass is 16.6. The first-order valence-electron chi connectivity index (χ1n) is 7.29. The lowest BCUT2D eigenvalue weighted by atomic mass is 9.67. The number of fused-ring (bicyclic) bond motifs is 2. The van der Waals surface area contributed by atoms with Gasteiger partial charge >= 0.3 is 5.97 Å². The second-order valence-corrected chi connectivity index (χ2v) is 6.85. The molecular formula is C15H22O4. The van der Waals surface area contributed by atoms with Crippen LogP contribution in [0.25, 0.3) is 0 Å². The minimum atomic E-state index is -0.760. The smallest absolute Gasteiger partial charge is 0.309 e. The van der Waals surface area contributed by atoms with Gasteiger partial charge in [0.1, 0.15) is 11.9 Å². The molecule has 0 bridgehead atoms. The molecule has 0 aromatic carbocycles. The first-order valence-corrected chi connectivity index (χ1v) is 7.29. The molecule has 1 saturated heterocycles. The summed E-state index contributed by atoms with van der Waals surface area (Å²) >= 11 is 0. The molecule has 3 aliphatic rings. The van der Waals surface area contributed by atoms with Crippen molar-refractivity contribution in [3.8, 4) is 0 Å². The maximum atomic E-state index is 12.3. The number of esters is 1. The number of carbonyl (C=O) groups is 2. The van der Waals surface area contributed by atoms with Crippen molar-refractivity contribution >= 4 is 11.8 Å². The van der Waals surface area contributed by atoms with Crippen molar-refractivity contribution in [1.82, 2.24) is 0 Å². The van der Waals surface area contributed by atoms with E-state index in [1.54, 1.807) is 0 Å². The van der Waals surface area contributed by atoms with Crippen LogP contribution in [0.4, 0.5) is 0 Å². The first-order chi connectivity index (χ1) is 8.87. The lowest BCUT2D eigenvalue weighted by Crippen LogP contribution is -2.47. The van der Waals surface area contributed by atoms with E-state index < -0.39 is 11.5 Å². The molecule has 3 rings (SSSR count). The Kier molecular flexibility index (Phi) is 2.79. The fourth-order valence-corrected chi connectivity index (χ4v) is 4.75. The zero-order valence-electron chi connectivity index (χ0n) is 11.8. The molecule has 106 valence electrons. The zero-order valence-corrected chi connectivity index (χ0v) is 11.8. The molecule has 1 aliphatic heterocycles. The van der Waals surface area contributed by atoms with Crippen LogP contribution in [0.5, 0.6) is 0 Å². The third-order valence-corrected chi connectivity index (χ3v) is 5.97. The van der Waals surface area contributed by atoms with E-state index in [2.05, 4.69) is 6.92 Å². The molecule has 4 heteroatoms. The summed E-state index contributed by atoms with van der Waals surface area (Å²) < 4.78 is 5.43. The molecule has 4 nitrogen and oxygen atoms in total. The zero-order chi connectivity index (χ0) is 13.9. The minimum Gasteiger partial charge on any atom is -0.462 e. The van der Waals surface area contributed by atoms with E-state index in [4.69, 9.17) is 4.74 Å². The van der Waals surface area contributed by atoms with Crippen molar-refractivity contribution in [2.75, 3.05) is 0 Å². The van der Waals surface area contributed by atoms with Crippen molar-refractivity contribution in [2.24, 2.45) is 29.1 Å². The maximum Gasteiger partial charge on any atom is 0.309 e. The number of aliphatic hydroxyl groups is 1. The van der Waals surface area contributed by atoms with Crippen LogP contribution in [0.3, 0.4) is 0 Å². The molecule has 1 heterocycles. The topological polar surface area (TPSA) is 63.6 Å². The second-order valence-electron chi connectivity index (χ2n) is 6.85. The molecule has 0 aromatic heterocycles. The summed E-state index contributed by atoms with van der Waals surface area (Å²) in [5, 5.41) is 10.8. The summed E-state index contributed by atoms with van der Waals surface area (Å²) in [6.07, 6.45) is 1.20. The van der Waals surface area contributed by atoms with Gasteiger partial charge in [0.2, 0.25) is 0 Å². The van der Waals surface area contributed by atoms with Crippen molar-refractivity contribution in [2.45, 2.75) is 52.2 Å². The maximum absolute atomic E-state index is 12.3. The Balaban J connectivity index is 2.04. The number of carbonyl (C=O) groups excluding carboxylic acids is 2. The highest BCUT2D eigenvalue weighted by Crippen LogP contribution is 2.55. The average Bonchev–Trinajstić information content (AvgIpc) is 2.77. The van der Waals surface area contributed by atoms with E-state index in [1.165, 1.54) is 0 Å². The molecule has 2 saturated carbocycles. The van der Waals surface area contributed by atoms with Crippen LogP contribution in [0.15, 0.2) is 0 Å². The summed E-state index contributed by atoms with van der Waals surface area (Å²) in [7, 11) is 0. The Morgan fingerprint density at radius 1 is 1.32 bits per heavy atom. The number of hydrogen-bond donors (Lipinski definition) is 1. The third kappa shape index (κ3) is 1.55. The summed E-state index contributed by atoms with van der Waals surface area (Å²) in [6.45, 7) is 5.82. The first kappa shape index (κ1) is 13.1. The number of ether oxygens (including phenoxy) is 1. The van der Waals surface area contributed by atoms with Gasteiger partial charge in [-0.25, -0.2) is 0 Å². The van der Waals surface area contributed by atoms with Crippen molar-refractivity contribution in [3.63, 3.8) is 0 Å². The fourth-order valence-electron chi connectivity index (χ4n) is 4.75. The Labute approximate surface area is 113 Å². The van der Waals surface area contributed by atoms with Crippen LogP contribution >= 0.6 is 0 Å². The average molecular weight is 266 g/mol. The highest BCUT2D eigenvalue weighted by molar-refractivity contribution is 5.88. The van der Waals surface area contributed by atoms with Gasteiger partial charge in [-0.05, 0) is 31.6 Å². The second kappa shape index (κ2) is 4.05. The summed E-state index contributed by atoms with van der Waals surface area (Å²) in [4.78, 5) is 24.1. The quantitative estimate of drug-likeness (QED) is 0.676. The van der Waals surface area contributed by atoms with Gasteiger partial charge in [-0.1, -0.05) is 13.8 Å². The number of aliphatic hydroxyl groups excluding tert-OH is 1. The summed E-state index contributed by atoms with van der Waals surface area (Å²) in [5.41, 5.74) is -0.693. The monoisotopic (exact) mass is 266 g/mol. The summed E-state index contributed by atoms with van der Waals surface area (Å²) in [5.74, 6) is -0.0910. The van der Waals surface area contributed by atoms with Gasteiger partial charge in [-0.2, -0.15) is 0 Å². The summed E-state index contributed by atoms with van der Waals surface area (Å²) in [6, 6.07) is 0. The van der Waals surface area contributed by atoms with Gasteiger partial charge < -0.3 is 9.84 Å². The Morgan fingerprint density at radius 2 is 2.00 bits per heavy atom. The van der Waals surface area contributed by atoms with E-state index in [-0.39, 0.29) is 35.6 Å². The van der Waals surface area contributed by atoms with Crippen molar-refractivity contribution < 1.29 is 19.4 Å². The van der Waals surface area contributed by atoms with Gasteiger partial charge in [0.25, 0.3) is 0 Å². The predicted octanol–water partition coefficient (Wildman–Crippen LogP) is 1.55. The molecule has 3 fully saturated rings. The van der Waals surface area contributed by atoms with Gasteiger partial charge in [0.05, 0.1) is 17.4 Å². The van der Waals surface area contributed by atoms with E-state index in [9.17, 15) is 14.7 Å². The normalized spacial score (nSPS) is 53.5. The van der Waals surface area contributed by atoms with Gasteiger partial charge in [0.15, 0.2) is 0 Å². The van der Waals surface area contributed by atoms with Crippen LogP contribution < -0.4 is 0 Å². The molecule has 7 atom stereocenters. The Morgan fingerprint density at radius 3 is 2.68 bits per heavy atom. The lowest BCUT2D eigenvalue weighted by Gasteiger charge is -2.37. The van der Waals surface area contributed by atoms with Crippen LogP contribution in [0.1, 0.15) is 40.0 Å². The van der Waals surface area contributed by atoms with E-state index >= 15 is 0 Å². The van der Waals surface area contributed by atoms with E-state index in [1.807, 2.05) is 13.8 Å². The molecule has 0 radical (unpaired) electrons. The standard InChI is InChI=1S/C15H22O4/c1-7-6-10-12(8(2)14(18)19-10)13(17)15(3)9(7)4-5-11(15)16/h7-10,12-13,17H,4-6H2,1-3H3/t7-,8+,9+,10-,12-,13+,15+/m1/s1. The van der Waals surface area contributed by atoms with Gasteiger partial charge in [-0.3, -0.25) is 9.59 Å². The van der Waals surface area contributed by atoms with Crippen LogP contribution in [-0.2, 0) is 14.3 Å². The van der Waals surface area contributed by atoms with E-state index in [0.29, 0.717) is 12.3 Å². The SMILES string of the molecule is C[C@@H]1C[C@H]2OC(=O)[C@@H](C)[C@H]2[C@H](O)[C@]2(C)C(=O)CC[C@@H]12. The van der Waals surface area contributed by atoms with Crippen LogP contribution in [0, 0.1) is 29.1 Å². The molecule has 0 unspecified atom stereocenters. The van der Waals surface area contributed by atoms with Crippen LogP contribution in [0.2, 0.25) is 0 Å². The number of hydrogen-bond acceptors (Lipinski definition) is 4. The molecule has 0 amide bonds. The number of rotatable bonds is 0. The molecule has 0 spiro atoms. The number of ketones is 1. The molecular weight excluding hydrogens is 244 g/mol. The lowest BCUT2D eigenvalue weighted by molar-refractivity contribution is -0.145. The molecule has 2 aliphatic carbocycles. The minimum absolute atomic E-state index is 0.157. The van der Waals surface area contributed by atoms with Crippen LogP contribution in [-0.4, -0.2) is 29.1 Å². The van der Waals surface area contributed by atoms with Crippen molar-refractivity contribution in [1.29, 1.82) is 0 Å². The van der Waals surface area contributed by atoms with Gasteiger partial charge in [0, 0.05) is 12.3 Å². The number of Topliss-reactive ketones (excluding diaryl/α,β-unsaturated/α-hetero) is 1. The molecule has 0 aromatic rings. The fraction of sp³-hybridized carbons (Fsp3) is 0.867. The molecule has 19 heavy (non-hydrogen) atoms. The van der Waals surface area contributed by atoms with Crippen molar-refractivity contribution in [3.05, 3.63) is 0 Å². The highest BCUT2D eigenvalue weighted by Gasteiger charge is 2.61. The largest absolute Gasteiger partial charge is 0.462 e. The van der Waals surface area contributed by atoms with E-state index in [0.717, 1.165) is 12.8 Å². The van der Waals surface area contributed by atoms with Gasteiger partial charge in [-0.15, -0.1) is 0 Å².